The molecule has 0 aromatic rings. The van der Waals surface area contributed by atoms with Crippen molar-refractivity contribution in [2.24, 2.45) is 0 Å². The second-order valence-electron chi connectivity index (χ2n) is 8.07. The van der Waals surface area contributed by atoms with Gasteiger partial charge in [0, 0.05) is 0 Å². The van der Waals surface area contributed by atoms with Gasteiger partial charge in [0.15, 0.2) is 0 Å². The molecule has 0 unspecified atom stereocenters. The molecule has 2 atom stereocenters. The van der Waals surface area contributed by atoms with Crippen LogP contribution in [-0.4, -0.2) is 17.2 Å². The highest BCUT2D eigenvalue weighted by Crippen LogP contribution is 2.41. The lowest BCUT2D eigenvalue weighted by Crippen LogP contribution is -2.07. The largest absolute Gasteiger partial charge is 0.412 e. The van der Waals surface area contributed by atoms with E-state index in [4.69, 9.17) is 4.74 Å². The van der Waals surface area contributed by atoms with Crippen LogP contribution in [0.15, 0.2) is 23.8 Å². The second-order valence-corrected chi connectivity index (χ2v) is 8.07. The zero-order valence-corrected chi connectivity index (χ0v) is 17.4. The lowest BCUT2D eigenvalue weighted by molar-refractivity contribution is 0.303. The molecule has 2 heteroatoms. The van der Waals surface area contributed by atoms with Gasteiger partial charge in [-0.3, -0.25) is 0 Å². The zero-order valence-electron chi connectivity index (χ0n) is 17.4. The van der Waals surface area contributed by atoms with E-state index in [-0.39, 0.29) is 11.1 Å². The van der Waals surface area contributed by atoms with Crippen molar-refractivity contribution in [1.29, 1.82) is 0 Å². The summed E-state index contributed by atoms with van der Waals surface area (Å²) in [5, 5.41) is 0. The Labute approximate surface area is 157 Å². The molecule has 25 heavy (non-hydrogen) atoms. The summed E-state index contributed by atoms with van der Waals surface area (Å²) in [4.78, 5) is 0. The number of rotatable bonds is 15. The van der Waals surface area contributed by atoms with E-state index in [9.17, 15) is 0 Å². The molecule has 1 aliphatic rings. The van der Waals surface area contributed by atoms with Crippen molar-refractivity contribution >= 4 is 0 Å². The van der Waals surface area contributed by atoms with E-state index in [2.05, 4.69) is 45.9 Å². The maximum absolute atomic E-state index is 5.87. The molecule has 2 N–H and O–H groups in total. The summed E-state index contributed by atoms with van der Waals surface area (Å²) >= 11 is 0. The predicted octanol–water partition coefficient (Wildman–Crippen LogP) is 6.93. The molecule has 0 spiro atoms. The molecule has 1 heterocycles. The molecule has 0 aromatic heterocycles. The van der Waals surface area contributed by atoms with Crippen LogP contribution in [0, 0.1) is 0 Å². The summed E-state index contributed by atoms with van der Waals surface area (Å²) in [5.74, 6) is 0. The fourth-order valence-electron chi connectivity index (χ4n) is 3.32. The highest BCUT2D eigenvalue weighted by Gasteiger charge is 2.49. The van der Waals surface area contributed by atoms with Crippen molar-refractivity contribution in [2.75, 3.05) is 0 Å². The fourth-order valence-corrected chi connectivity index (χ4v) is 3.32. The van der Waals surface area contributed by atoms with Crippen LogP contribution in [-0.2, 0) is 4.74 Å². The average Bonchev–Trinajstić information content (AvgIpc) is 3.18. The van der Waals surface area contributed by atoms with Crippen LogP contribution in [0.25, 0.3) is 0 Å². The molecular formula is C23H44O2. The highest BCUT2D eigenvalue weighted by molar-refractivity contribution is 5.11. The van der Waals surface area contributed by atoms with Gasteiger partial charge in [-0.25, -0.2) is 0 Å². The summed E-state index contributed by atoms with van der Waals surface area (Å²) < 4.78 is 5.87. The molecule has 1 saturated heterocycles. The molecular weight excluding hydrogens is 308 g/mol. The first-order chi connectivity index (χ1) is 11.6. The molecule has 0 saturated carbocycles. The van der Waals surface area contributed by atoms with Crippen LogP contribution in [0.4, 0.5) is 0 Å². The minimum atomic E-state index is 0. The van der Waals surface area contributed by atoms with Gasteiger partial charge in [-0.15, -0.1) is 0 Å². The van der Waals surface area contributed by atoms with Crippen LogP contribution in [0.1, 0.15) is 111 Å². The fraction of sp³-hybridized carbons (Fsp3) is 0.826. The van der Waals surface area contributed by atoms with E-state index in [1.165, 1.54) is 76.2 Å². The predicted molar refractivity (Wildman–Crippen MR) is 111 cm³/mol. The first-order valence-electron chi connectivity index (χ1n) is 10.6. The monoisotopic (exact) mass is 352 g/mol. The summed E-state index contributed by atoms with van der Waals surface area (Å²) in [7, 11) is 0. The lowest BCUT2D eigenvalue weighted by Gasteiger charge is -2.02. The number of epoxide rings is 1. The smallest absolute Gasteiger partial charge is 0.105 e. The normalized spacial score (nSPS) is 22.0. The number of unbranched alkanes of at least 4 members (excludes halogenated alkanes) is 10. The van der Waals surface area contributed by atoms with E-state index >= 15 is 0 Å². The number of hydrogen-bond acceptors (Lipinski definition) is 1. The van der Waals surface area contributed by atoms with E-state index in [0.717, 1.165) is 12.8 Å². The Balaban J connectivity index is 0.00000576. The lowest BCUT2D eigenvalue weighted by atomic mass is 10.00. The van der Waals surface area contributed by atoms with E-state index in [0.29, 0.717) is 6.10 Å². The molecule has 0 radical (unpaired) electrons. The maximum atomic E-state index is 5.87. The van der Waals surface area contributed by atoms with Gasteiger partial charge >= 0.3 is 0 Å². The first kappa shape index (κ1) is 24.4. The van der Waals surface area contributed by atoms with Crippen molar-refractivity contribution in [1.82, 2.24) is 0 Å². The van der Waals surface area contributed by atoms with E-state index in [1.54, 1.807) is 0 Å². The van der Waals surface area contributed by atoms with E-state index in [1.807, 2.05) is 0 Å². The number of hydrogen-bond donors (Lipinski definition) is 0. The summed E-state index contributed by atoms with van der Waals surface area (Å²) in [6, 6.07) is 0. The van der Waals surface area contributed by atoms with Crippen molar-refractivity contribution < 1.29 is 10.2 Å². The molecule has 1 rings (SSSR count). The quantitative estimate of drug-likeness (QED) is 0.179. The number of allylic oxidation sites excluding steroid dienone is 3. The topological polar surface area (TPSA) is 44.0 Å². The second kappa shape index (κ2) is 14.6. The Kier molecular flexibility index (Phi) is 14.2. The Morgan fingerprint density at radius 1 is 0.880 bits per heavy atom. The third-order valence-corrected chi connectivity index (χ3v) is 5.17. The van der Waals surface area contributed by atoms with Gasteiger partial charge in [0.1, 0.15) is 6.10 Å². The van der Waals surface area contributed by atoms with Gasteiger partial charge in [0.05, 0.1) is 5.60 Å². The molecule has 0 bridgehead atoms. The van der Waals surface area contributed by atoms with Gasteiger partial charge < -0.3 is 10.2 Å². The van der Waals surface area contributed by atoms with Crippen LogP contribution in [0.5, 0.6) is 0 Å². The van der Waals surface area contributed by atoms with Crippen LogP contribution in [0.3, 0.4) is 0 Å². The van der Waals surface area contributed by atoms with E-state index < -0.39 is 0 Å². The minimum Gasteiger partial charge on any atom is -0.412 e. The van der Waals surface area contributed by atoms with Crippen molar-refractivity contribution in [3.8, 4) is 0 Å². The summed E-state index contributed by atoms with van der Waals surface area (Å²) in [5.41, 5.74) is 1.52. The highest BCUT2D eigenvalue weighted by atomic mass is 16.6. The van der Waals surface area contributed by atoms with Crippen LogP contribution >= 0.6 is 0 Å². The molecule has 0 aromatic carbocycles. The third-order valence-electron chi connectivity index (χ3n) is 5.17. The molecule has 2 nitrogen and oxygen atoms in total. The zero-order chi connectivity index (χ0) is 17.7. The van der Waals surface area contributed by atoms with Gasteiger partial charge in [-0.05, 0) is 46.5 Å². The van der Waals surface area contributed by atoms with Crippen LogP contribution in [0.2, 0.25) is 0 Å². The molecule has 1 fully saturated rings. The van der Waals surface area contributed by atoms with Crippen molar-refractivity contribution in [3.05, 3.63) is 23.8 Å². The Bertz CT molecular complexity index is 368. The number of ether oxygens (including phenoxy) is 1. The van der Waals surface area contributed by atoms with Crippen molar-refractivity contribution in [3.63, 3.8) is 0 Å². The Morgan fingerprint density at radius 3 is 2.00 bits per heavy atom. The molecule has 1 aliphatic heterocycles. The molecule has 0 amide bonds. The average molecular weight is 353 g/mol. The Hall–Kier alpha value is -0.600. The first-order valence-corrected chi connectivity index (χ1v) is 10.6. The van der Waals surface area contributed by atoms with Gasteiger partial charge in [0.2, 0.25) is 0 Å². The molecule has 0 aliphatic carbocycles. The van der Waals surface area contributed by atoms with Gasteiger partial charge in [-0.1, -0.05) is 88.5 Å². The van der Waals surface area contributed by atoms with Crippen molar-refractivity contribution in [2.45, 2.75) is 123 Å². The van der Waals surface area contributed by atoms with Gasteiger partial charge in [-0.2, -0.15) is 0 Å². The third kappa shape index (κ3) is 12.4. The molecule has 148 valence electrons. The SMILES string of the molecule is CCCCCCCCCCCC/C=C\[C@@H]1O[C@@]1(C)CCC=C(C)C.O. The minimum absolute atomic E-state index is 0. The van der Waals surface area contributed by atoms with Gasteiger partial charge in [0.25, 0.3) is 0 Å². The Morgan fingerprint density at radius 2 is 1.44 bits per heavy atom. The maximum Gasteiger partial charge on any atom is 0.105 e. The van der Waals surface area contributed by atoms with Crippen LogP contribution < -0.4 is 0 Å². The summed E-state index contributed by atoms with van der Waals surface area (Å²) in [6.45, 7) is 8.87. The summed E-state index contributed by atoms with van der Waals surface area (Å²) in [6.07, 6.45) is 25.0. The standard InChI is InChI=1S/C23H42O.H2O/c1-5-6-7-8-9-10-11-12-13-14-15-16-19-22-23(4,24-22)20-17-18-21(2)3;/h16,18-19,22H,5-15,17,20H2,1-4H3;1H2/b19-16-;/t22-,23-;/m0./s1.